The molecule has 0 aromatic carbocycles. The molecular formula is C8H8N4O2. The Morgan fingerprint density at radius 2 is 2.43 bits per heavy atom. The number of ketones is 1. The summed E-state index contributed by atoms with van der Waals surface area (Å²) in [5, 5.41) is 6.05. The lowest BCUT2D eigenvalue weighted by atomic mass is 10.2. The van der Waals surface area contributed by atoms with E-state index < -0.39 is 0 Å². The topological polar surface area (TPSA) is 80.1 Å². The second-order valence-electron chi connectivity index (χ2n) is 3.02. The Balaban J connectivity index is 2.52. The third kappa shape index (κ3) is 1.41. The molecule has 14 heavy (non-hydrogen) atoms. The van der Waals surface area contributed by atoms with Crippen LogP contribution in [0.2, 0.25) is 0 Å². The number of nitrogens with zero attached hydrogens (tertiary/aromatic N) is 3. The summed E-state index contributed by atoms with van der Waals surface area (Å²) in [6.45, 7) is 1.49. The minimum atomic E-state index is -0.332. The quantitative estimate of drug-likeness (QED) is 0.698. The molecule has 0 aliphatic heterocycles. The fraction of sp³-hybridized carbons (Fsp3) is 0.250. The summed E-state index contributed by atoms with van der Waals surface area (Å²) in [6.07, 6.45) is 1.62. The fourth-order valence-corrected chi connectivity index (χ4v) is 1.20. The van der Waals surface area contributed by atoms with Crippen LogP contribution < -0.4 is 5.69 Å². The summed E-state index contributed by atoms with van der Waals surface area (Å²) in [4.78, 5) is 25.8. The Morgan fingerprint density at radius 1 is 1.64 bits per heavy atom. The number of H-pyrrole nitrogens is 1. The van der Waals surface area contributed by atoms with Crippen molar-refractivity contribution >= 4 is 11.4 Å². The van der Waals surface area contributed by atoms with E-state index in [4.69, 9.17) is 0 Å². The number of Topliss-reactive ketones (excluding diaryl/α,β-unsaturated/α-hetero) is 1. The van der Waals surface area contributed by atoms with Gasteiger partial charge in [0.05, 0.1) is 5.69 Å². The van der Waals surface area contributed by atoms with Crippen molar-refractivity contribution in [3.05, 3.63) is 28.6 Å². The van der Waals surface area contributed by atoms with Gasteiger partial charge in [0.1, 0.15) is 12.1 Å². The highest BCUT2D eigenvalue weighted by Crippen LogP contribution is 1.99. The van der Waals surface area contributed by atoms with Crippen LogP contribution in [0.4, 0.5) is 0 Å². The van der Waals surface area contributed by atoms with Gasteiger partial charge in [-0.25, -0.2) is 19.3 Å². The van der Waals surface area contributed by atoms with Crippen molar-refractivity contribution in [1.29, 1.82) is 0 Å². The van der Waals surface area contributed by atoms with E-state index in [1.165, 1.54) is 17.7 Å². The lowest BCUT2D eigenvalue weighted by Crippen LogP contribution is -2.10. The summed E-state index contributed by atoms with van der Waals surface area (Å²) < 4.78 is 1.28. The van der Waals surface area contributed by atoms with Crippen LogP contribution in [0, 0.1) is 0 Å². The van der Waals surface area contributed by atoms with E-state index in [1.54, 1.807) is 6.07 Å². The number of aromatic amines is 1. The Hall–Kier alpha value is -1.98. The molecule has 0 aliphatic carbocycles. The average molecular weight is 192 g/mol. The van der Waals surface area contributed by atoms with Gasteiger partial charge in [0.25, 0.3) is 0 Å². The van der Waals surface area contributed by atoms with Crippen molar-refractivity contribution < 1.29 is 4.79 Å². The van der Waals surface area contributed by atoms with E-state index in [-0.39, 0.29) is 17.9 Å². The van der Waals surface area contributed by atoms with Gasteiger partial charge in [0, 0.05) is 12.5 Å². The number of hydrogen-bond acceptors (Lipinski definition) is 4. The normalized spacial score (nSPS) is 10.6. The molecule has 72 valence electrons. The Kier molecular flexibility index (Phi) is 1.88. The van der Waals surface area contributed by atoms with Crippen LogP contribution in [0.25, 0.3) is 5.65 Å². The van der Waals surface area contributed by atoms with Crippen LogP contribution in [0.5, 0.6) is 0 Å². The van der Waals surface area contributed by atoms with E-state index in [9.17, 15) is 9.59 Å². The fourth-order valence-electron chi connectivity index (χ4n) is 1.20. The van der Waals surface area contributed by atoms with Gasteiger partial charge in [-0.05, 0) is 6.92 Å². The molecule has 0 aliphatic rings. The summed E-state index contributed by atoms with van der Waals surface area (Å²) in [5.74, 6) is 0.0275. The number of carbonyl (C=O) groups excluding carboxylic acids is 1. The highest BCUT2D eigenvalue weighted by Gasteiger charge is 2.03. The van der Waals surface area contributed by atoms with Gasteiger partial charge in [-0.3, -0.25) is 4.79 Å². The van der Waals surface area contributed by atoms with E-state index in [0.29, 0.717) is 11.3 Å². The molecule has 0 spiro atoms. The third-order valence-electron chi connectivity index (χ3n) is 1.80. The van der Waals surface area contributed by atoms with Crippen molar-refractivity contribution in [3.8, 4) is 0 Å². The number of fused-ring (bicyclic) bond motifs is 1. The Bertz CT molecular complexity index is 540. The SMILES string of the molecule is CC(=O)Cc1cc2n[nH]c(=O)n2cn1. The first-order valence-corrected chi connectivity index (χ1v) is 4.08. The molecule has 0 amide bonds. The minimum absolute atomic E-state index is 0.0275. The van der Waals surface area contributed by atoms with E-state index in [0.717, 1.165) is 0 Å². The number of hydrogen-bond donors (Lipinski definition) is 1. The first-order chi connectivity index (χ1) is 6.66. The van der Waals surface area contributed by atoms with Crippen molar-refractivity contribution in [2.75, 3.05) is 0 Å². The van der Waals surface area contributed by atoms with E-state index >= 15 is 0 Å². The maximum atomic E-state index is 11.1. The standard InChI is InChI=1S/C8H8N4O2/c1-5(13)2-6-3-7-10-11-8(14)12(7)4-9-6/h3-4H,2H2,1H3,(H,11,14). The second-order valence-corrected chi connectivity index (χ2v) is 3.02. The van der Waals surface area contributed by atoms with Crippen LogP contribution in [0.3, 0.4) is 0 Å². The maximum absolute atomic E-state index is 11.1. The molecule has 0 saturated heterocycles. The zero-order valence-corrected chi connectivity index (χ0v) is 7.52. The van der Waals surface area contributed by atoms with Crippen molar-refractivity contribution in [1.82, 2.24) is 19.6 Å². The van der Waals surface area contributed by atoms with Crippen molar-refractivity contribution in [2.24, 2.45) is 0 Å². The molecule has 2 rings (SSSR count). The average Bonchev–Trinajstić information content (AvgIpc) is 2.46. The van der Waals surface area contributed by atoms with Gasteiger partial charge < -0.3 is 0 Å². The number of nitrogens with one attached hydrogen (secondary N) is 1. The van der Waals surface area contributed by atoms with Crippen LogP contribution in [0.15, 0.2) is 17.2 Å². The van der Waals surface area contributed by atoms with Gasteiger partial charge in [0.2, 0.25) is 0 Å². The lowest BCUT2D eigenvalue weighted by molar-refractivity contribution is -0.116. The summed E-state index contributed by atoms with van der Waals surface area (Å²) in [6, 6.07) is 1.61. The smallest absolute Gasteiger partial charge is 0.300 e. The first kappa shape index (κ1) is 8.61. The van der Waals surface area contributed by atoms with E-state index in [1.807, 2.05) is 0 Å². The molecule has 2 aromatic heterocycles. The predicted octanol–water partition coefficient (Wildman–Crippen LogP) is -0.451. The van der Waals surface area contributed by atoms with Crippen LogP contribution in [-0.4, -0.2) is 25.4 Å². The minimum Gasteiger partial charge on any atom is -0.300 e. The molecule has 2 aromatic rings. The van der Waals surface area contributed by atoms with Crippen LogP contribution in [-0.2, 0) is 11.2 Å². The van der Waals surface area contributed by atoms with Gasteiger partial charge in [-0.15, -0.1) is 0 Å². The molecular weight excluding hydrogens is 184 g/mol. The van der Waals surface area contributed by atoms with Crippen molar-refractivity contribution in [2.45, 2.75) is 13.3 Å². The zero-order valence-electron chi connectivity index (χ0n) is 7.52. The largest absolute Gasteiger partial charge is 0.348 e. The number of rotatable bonds is 2. The predicted molar refractivity (Wildman–Crippen MR) is 48.0 cm³/mol. The summed E-state index contributed by atoms with van der Waals surface area (Å²) in [5.41, 5.74) is 0.757. The van der Waals surface area contributed by atoms with Crippen LogP contribution in [0.1, 0.15) is 12.6 Å². The summed E-state index contributed by atoms with van der Waals surface area (Å²) >= 11 is 0. The molecule has 6 heteroatoms. The number of aromatic nitrogens is 4. The highest BCUT2D eigenvalue weighted by molar-refractivity contribution is 5.77. The first-order valence-electron chi connectivity index (χ1n) is 4.08. The van der Waals surface area contributed by atoms with Crippen LogP contribution >= 0.6 is 0 Å². The molecule has 0 unspecified atom stereocenters. The van der Waals surface area contributed by atoms with Gasteiger partial charge >= 0.3 is 5.69 Å². The zero-order chi connectivity index (χ0) is 10.1. The van der Waals surface area contributed by atoms with Crippen molar-refractivity contribution in [3.63, 3.8) is 0 Å². The molecule has 0 saturated carbocycles. The molecule has 6 nitrogen and oxygen atoms in total. The Morgan fingerprint density at radius 3 is 3.14 bits per heavy atom. The molecule has 2 heterocycles. The maximum Gasteiger partial charge on any atom is 0.348 e. The molecule has 0 bridgehead atoms. The molecule has 0 atom stereocenters. The molecule has 0 fully saturated rings. The molecule has 0 radical (unpaired) electrons. The lowest BCUT2D eigenvalue weighted by Gasteiger charge is -1.95. The Labute approximate surface area is 78.6 Å². The molecule has 1 N–H and O–H groups in total. The van der Waals surface area contributed by atoms with Gasteiger partial charge in [0.15, 0.2) is 5.65 Å². The van der Waals surface area contributed by atoms with E-state index in [2.05, 4.69) is 15.2 Å². The van der Waals surface area contributed by atoms with Gasteiger partial charge in [-0.2, -0.15) is 5.10 Å². The highest BCUT2D eigenvalue weighted by atomic mass is 16.1. The monoisotopic (exact) mass is 192 g/mol. The summed E-state index contributed by atoms with van der Waals surface area (Å²) in [7, 11) is 0. The third-order valence-corrected chi connectivity index (χ3v) is 1.80. The number of carbonyl (C=O) groups is 1. The van der Waals surface area contributed by atoms with Gasteiger partial charge in [-0.1, -0.05) is 0 Å². The second kappa shape index (κ2) is 3.06.